The van der Waals surface area contributed by atoms with Gasteiger partial charge in [0.2, 0.25) is 0 Å². The molecular formula is C15H13FO4S. The van der Waals surface area contributed by atoms with Crippen LogP contribution >= 0.6 is 0 Å². The van der Waals surface area contributed by atoms with Gasteiger partial charge in [0.1, 0.15) is 11.6 Å². The Hall–Kier alpha value is -2.21. The van der Waals surface area contributed by atoms with Crippen LogP contribution < -0.4 is 4.74 Å². The predicted molar refractivity (Wildman–Crippen MR) is 75.8 cm³/mol. The van der Waals surface area contributed by atoms with E-state index in [1.165, 1.54) is 36.4 Å². The molecule has 0 aliphatic rings. The van der Waals surface area contributed by atoms with E-state index < -0.39 is 15.7 Å². The van der Waals surface area contributed by atoms with Gasteiger partial charge in [0.15, 0.2) is 22.2 Å². The molecule has 110 valence electrons. The SMILES string of the molecule is CS(=O)(=O)c1cccc(OCC(=O)c2cccc(F)c2)c1. The minimum Gasteiger partial charge on any atom is -0.485 e. The van der Waals surface area contributed by atoms with Crippen LogP contribution in [0.2, 0.25) is 0 Å². The van der Waals surface area contributed by atoms with Gasteiger partial charge >= 0.3 is 0 Å². The number of Topliss-reactive ketones (excluding diaryl/α,β-unsaturated/α-hetero) is 1. The zero-order valence-corrected chi connectivity index (χ0v) is 12.1. The Morgan fingerprint density at radius 3 is 2.52 bits per heavy atom. The van der Waals surface area contributed by atoms with Crippen LogP contribution in [0.3, 0.4) is 0 Å². The Bertz CT molecular complexity index is 769. The first-order chi connectivity index (χ1) is 9.86. The van der Waals surface area contributed by atoms with E-state index >= 15 is 0 Å². The Morgan fingerprint density at radius 2 is 1.86 bits per heavy atom. The second-order valence-electron chi connectivity index (χ2n) is 4.47. The van der Waals surface area contributed by atoms with Crippen LogP contribution in [-0.2, 0) is 9.84 Å². The molecule has 0 bridgehead atoms. The normalized spacial score (nSPS) is 11.1. The van der Waals surface area contributed by atoms with Crippen LogP contribution in [0, 0.1) is 5.82 Å². The van der Waals surface area contributed by atoms with Crippen molar-refractivity contribution >= 4 is 15.6 Å². The van der Waals surface area contributed by atoms with Crippen molar-refractivity contribution in [3.8, 4) is 5.75 Å². The number of halogens is 1. The van der Waals surface area contributed by atoms with E-state index in [0.717, 1.165) is 12.3 Å². The molecule has 0 heterocycles. The van der Waals surface area contributed by atoms with Crippen LogP contribution in [0.4, 0.5) is 4.39 Å². The van der Waals surface area contributed by atoms with Crippen LogP contribution in [-0.4, -0.2) is 27.1 Å². The van der Waals surface area contributed by atoms with Gasteiger partial charge in [0, 0.05) is 11.8 Å². The highest BCUT2D eigenvalue weighted by Crippen LogP contribution is 2.17. The monoisotopic (exact) mass is 308 g/mol. The quantitative estimate of drug-likeness (QED) is 0.796. The lowest BCUT2D eigenvalue weighted by atomic mass is 10.1. The van der Waals surface area contributed by atoms with Crippen molar-refractivity contribution in [2.75, 3.05) is 12.9 Å². The second-order valence-corrected chi connectivity index (χ2v) is 6.48. The highest BCUT2D eigenvalue weighted by Gasteiger charge is 2.10. The topological polar surface area (TPSA) is 60.4 Å². The summed E-state index contributed by atoms with van der Waals surface area (Å²) < 4.78 is 41.1. The lowest BCUT2D eigenvalue weighted by molar-refractivity contribution is 0.0921. The number of rotatable bonds is 5. The fourth-order valence-electron chi connectivity index (χ4n) is 1.69. The molecule has 0 N–H and O–H groups in total. The fourth-order valence-corrected chi connectivity index (χ4v) is 2.34. The van der Waals surface area contributed by atoms with E-state index in [1.54, 1.807) is 6.07 Å². The molecule has 6 heteroatoms. The van der Waals surface area contributed by atoms with E-state index in [4.69, 9.17) is 4.74 Å². The molecule has 0 aromatic heterocycles. The minimum absolute atomic E-state index is 0.109. The molecule has 2 aromatic rings. The standard InChI is InChI=1S/C15H13FO4S/c1-21(18,19)14-7-3-6-13(9-14)20-10-15(17)11-4-2-5-12(16)8-11/h2-9H,10H2,1H3. The van der Waals surface area contributed by atoms with E-state index in [-0.39, 0.29) is 28.6 Å². The highest BCUT2D eigenvalue weighted by atomic mass is 32.2. The summed E-state index contributed by atoms with van der Waals surface area (Å²) in [5.41, 5.74) is 0.203. The van der Waals surface area contributed by atoms with Gasteiger partial charge in [-0.05, 0) is 30.3 Å². The van der Waals surface area contributed by atoms with Gasteiger partial charge in [0.25, 0.3) is 0 Å². The van der Waals surface area contributed by atoms with Crippen molar-refractivity contribution in [2.45, 2.75) is 4.90 Å². The average Bonchev–Trinajstić information content (AvgIpc) is 2.44. The maximum Gasteiger partial charge on any atom is 0.200 e. The summed E-state index contributed by atoms with van der Waals surface area (Å²) in [4.78, 5) is 12.0. The molecule has 0 spiro atoms. The third-order valence-electron chi connectivity index (χ3n) is 2.75. The van der Waals surface area contributed by atoms with E-state index in [0.29, 0.717) is 0 Å². The maximum absolute atomic E-state index is 13.0. The number of sulfone groups is 1. The third kappa shape index (κ3) is 4.13. The van der Waals surface area contributed by atoms with Crippen LogP contribution in [0.25, 0.3) is 0 Å². The Kier molecular flexibility index (Phi) is 4.37. The molecule has 0 aliphatic heterocycles. The molecule has 0 fully saturated rings. The summed E-state index contributed by atoms with van der Waals surface area (Å²) in [5.74, 6) is -0.623. The van der Waals surface area contributed by atoms with Crippen molar-refractivity contribution in [1.29, 1.82) is 0 Å². The van der Waals surface area contributed by atoms with Crippen molar-refractivity contribution in [3.05, 3.63) is 59.9 Å². The van der Waals surface area contributed by atoms with Crippen LogP contribution in [0.15, 0.2) is 53.4 Å². The molecule has 0 radical (unpaired) electrons. The summed E-state index contributed by atoms with van der Waals surface area (Å²) >= 11 is 0. The molecule has 0 saturated carbocycles. The van der Waals surface area contributed by atoms with E-state index in [2.05, 4.69) is 0 Å². The summed E-state index contributed by atoms with van der Waals surface area (Å²) in [6, 6.07) is 11.1. The van der Waals surface area contributed by atoms with Gasteiger partial charge in [-0.1, -0.05) is 18.2 Å². The van der Waals surface area contributed by atoms with Gasteiger partial charge in [-0.15, -0.1) is 0 Å². The average molecular weight is 308 g/mol. The third-order valence-corrected chi connectivity index (χ3v) is 3.86. The van der Waals surface area contributed by atoms with Crippen molar-refractivity contribution in [3.63, 3.8) is 0 Å². The Morgan fingerprint density at radius 1 is 1.14 bits per heavy atom. The number of carbonyl (C=O) groups is 1. The van der Waals surface area contributed by atoms with Crippen molar-refractivity contribution in [1.82, 2.24) is 0 Å². The first kappa shape index (κ1) is 15.2. The summed E-state index contributed by atoms with van der Waals surface area (Å²) in [6.45, 7) is -0.295. The van der Waals surface area contributed by atoms with Crippen LogP contribution in [0.1, 0.15) is 10.4 Å². The highest BCUT2D eigenvalue weighted by molar-refractivity contribution is 7.90. The number of ether oxygens (including phenoxy) is 1. The van der Waals surface area contributed by atoms with E-state index in [9.17, 15) is 17.6 Å². The number of ketones is 1. The zero-order valence-electron chi connectivity index (χ0n) is 11.2. The minimum atomic E-state index is -3.34. The van der Waals surface area contributed by atoms with Gasteiger partial charge in [-0.2, -0.15) is 0 Å². The lowest BCUT2D eigenvalue weighted by Gasteiger charge is -2.07. The lowest BCUT2D eigenvalue weighted by Crippen LogP contribution is -2.12. The molecule has 0 amide bonds. The van der Waals surface area contributed by atoms with Crippen molar-refractivity contribution < 1.29 is 22.3 Å². The maximum atomic E-state index is 13.0. The molecule has 0 atom stereocenters. The number of hydrogen-bond acceptors (Lipinski definition) is 4. The Labute approximate surface area is 122 Å². The first-order valence-electron chi connectivity index (χ1n) is 6.08. The fraction of sp³-hybridized carbons (Fsp3) is 0.133. The number of hydrogen-bond donors (Lipinski definition) is 0. The van der Waals surface area contributed by atoms with Gasteiger partial charge < -0.3 is 4.74 Å². The largest absolute Gasteiger partial charge is 0.485 e. The molecule has 4 nitrogen and oxygen atoms in total. The zero-order chi connectivity index (χ0) is 15.5. The number of carbonyl (C=O) groups excluding carboxylic acids is 1. The second kappa shape index (κ2) is 6.05. The smallest absolute Gasteiger partial charge is 0.200 e. The van der Waals surface area contributed by atoms with Crippen molar-refractivity contribution in [2.24, 2.45) is 0 Å². The van der Waals surface area contributed by atoms with Gasteiger partial charge in [-0.25, -0.2) is 12.8 Å². The van der Waals surface area contributed by atoms with E-state index in [1.807, 2.05) is 0 Å². The predicted octanol–water partition coefficient (Wildman–Crippen LogP) is 2.49. The van der Waals surface area contributed by atoms with Crippen LogP contribution in [0.5, 0.6) is 5.75 Å². The molecule has 2 rings (SSSR count). The molecule has 0 saturated heterocycles. The number of benzene rings is 2. The molecule has 21 heavy (non-hydrogen) atoms. The summed E-state index contributed by atoms with van der Waals surface area (Å²) in [5, 5.41) is 0. The first-order valence-corrected chi connectivity index (χ1v) is 7.97. The van der Waals surface area contributed by atoms with Gasteiger partial charge in [0.05, 0.1) is 4.90 Å². The molecule has 0 aliphatic carbocycles. The molecular weight excluding hydrogens is 295 g/mol. The Balaban J connectivity index is 2.08. The molecule has 2 aromatic carbocycles. The summed E-state index contributed by atoms with van der Waals surface area (Å²) in [7, 11) is -3.34. The summed E-state index contributed by atoms with van der Waals surface area (Å²) in [6.07, 6.45) is 1.09. The van der Waals surface area contributed by atoms with Gasteiger partial charge in [-0.3, -0.25) is 4.79 Å². The molecule has 0 unspecified atom stereocenters.